The van der Waals surface area contributed by atoms with Crippen molar-refractivity contribution in [2.45, 2.75) is 13.8 Å². The molecule has 0 fully saturated rings. The lowest BCUT2D eigenvalue weighted by atomic mass is 9.45. The molecule has 0 aliphatic carbocycles. The summed E-state index contributed by atoms with van der Waals surface area (Å²) < 4.78 is 11.8. The van der Waals surface area contributed by atoms with Gasteiger partial charge in [0.05, 0.1) is 16.6 Å². The Morgan fingerprint density at radius 1 is 0.591 bits per heavy atom. The third-order valence-electron chi connectivity index (χ3n) is 10.3. The molecule has 5 heterocycles. The van der Waals surface area contributed by atoms with Crippen LogP contribution in [-0.2, 0) is 0 Å². The van der Waals surface area contributed by atoms with E-state index in [1.165, 1.54) is 93.6 Å². The summed E-state index contributed by atoms with van der Waals surface area (Å²) >= 11 is 0. The lowest BCUT2D eigenvalue weighted by molar-refractivity contribution is 0.673. The predicted molar refractivity (Wildman–Crippen MR) is 184 cm³/mol. The van der Waals surface area contributed by atoms with Gasteiger partial charge in [0.2, 0.25) is 0 Å². The minimum Gasteiger partial charge on any atom is -0.454 e. The Balaban J connectivity index is 1.41. The first-order valence-corrected chi connectivity index (χ1v) is 15.4. The Kier molecular flexibility index (Phi) is 4.04. The normalized spacial score (nSPS) is 13.2. The van der Waals surface area contributed by atoms with Crippen LogP contribution < -0.4 is 10.9 Å². The van der Waals surface area contributed by atoms with Gasteiger partial charge in [0.15, 0.2) is 5.58 Å². The summed E-state index contributed by atoms with van der Waals surface area (Å²) in [6.07, 6.45) is 0. The van der Waals surface area contributed by atoms with E-state index in [1.54, 1.807) is 0 Å². The average molecular weight is 560 g/mol. The molecule has 0 bridgehead atoms. The molecule has 0 amide bonds. The summed E-state index contributed by atoms with van der Waals surface area (Å²) in [6, 6.07) is 42.6. The molecule has 2 aliphatic heterocycles. The van der Waals surface area contributed by atoms with Crippen LogP contribution in [0.5, 0.6) is 0 Å². The number of nitrogens with zero attached hydrogens (tertiary/aromatic N) is 2. The Morgan fingerprint density at radius 3 is 2.20 bits per heavy atom. The first-order chi connectivity index (χ1) is 21.7. The topological polar surface area (TPSA) is 23.0 Å². The number of aromatic nitrogens is 2. The van der Waals surface area contributed by atoms with Crippen LogP contribution in [0.3, 0.4) is 0 Å². The molecule has 9 aromatic rings. The molecule has 0 unspecified atom stereocenters. The quantitative estimate of drug-likeness (QED) is 0.184. The molecule has 0 atom stereocenters. The van der Waals surface area contributed by atoms with Crippen molar-refractivity contribution in [2.75, 3.05) is 0 Å². The summed E-state index contributed by atoms with van der Waals surface area (Å²) in [7, 11) is 0. The minimum atomic E-state index is 0.0171. The van der Waals surface area contributed by atoms with Crippen LogP contribution in [0.15, 0.2) is 120 Å². The van der Waals surface area contributed by atoms with Gasteiger partial charge in [-0.05, 0) is 89.0 Å². The Hall–Kier alpha value is -5.48. The van der Waals surface area contributed by atoms with Crippen molar-refractivity contribution in [1.82, 2.24) is 9.05 Å². The highest BCUT2D eigenvalue weighted by atomic mass is 16.3. The van der Waals surface area contributed by atoms with E-state index in [9.17, 15) is 0 Å². The van der Waals surface area contributed by atoms with Gasteiger partial charge in [-0.15, -0.1) is 0 Å². The smallest absolute Gasteiger partial charge is 0.333 e. The molecule has 0 saturated carbocycles. The van der Waals surface area contributed by atoms with Gasteiger partial charge in [0.25, 0.3) is 0 Å². The predicted octanol–water partition coefficient (Wildman–Crippen LogP) is 8.87. The van der Waals surface area contributed by atoms with Crippen molar-refractivity contribution in [3.8, 4) is 27.9 Å². The zero-order chi connectivity index (χ0) is 28.8. The molecule has 0 spiro atoms. The molecule has 44 heavy (non-hydrogen) atoms. The molecular formula is C40H25BN2O. The minimum absolute atomic E-state index is 0.0171. The SMILES string of the molecule is Cc1cccc(C)c1-c1cc2c3c(c1)-n1c4ccccc4c4cccc(c41)B3n1c3c-2cccc3c2oc3ccccc3c21. The van der Waals surface area contributed by atoms with Gasteiger partial charge in [-0.3, -0.25) is 0 Å². The van der Waals surface area contributed by atoms with Gasteiger partial charge in [0, 0.05) is 38.3 Å². The number of hydrogen-bond donors (Lipinski definition) is 0. The summed E-state index contributed by atoms with van der Waals surface area (Å²) in [5, 5.41) is 4.94. The second-order valence-corrected chi connectivity index (χ2v) is 12.6. The van der Waals surface area contributed by atoms with Gasteiger partial charge >= 0.3 is 6.85 Å². The van der Waals surface area contributed by atoms with Crippen molar-refractivity contribution in [3.63, 3.8) is 0 Å². The first-order valence-electron chi connectivity index (χ1n) is 15.4. The molecule has 3 nitrogen and oxygen atoms in total. The second-order valence-electron chi connectivity index (χ2n) is 12.6. The van der Waals surface area contributed by atoms with Crippen LogP contribution in [-0.4, -0.2) is 15.9 Å². The van der Waals surface area contributed by atoms with Crippen molar-refractivity contribution < 1.29 is 4.42 Å². The maximum Gasteiger partial charge on any atom is 0.333 e. The van der Waals surface area contributed by atoms with E-state index >= 15 is 0 Å². The molecule has 2 aliphatic rings. The second kappa shape index (κ2) is 7.72. The van der Waals surface area contributed by atoms with E-state index < -0.39 is 0 Å². The zero-order valence-electron chi connectivity index (χ0n) is 24.3. The number of aryl methyl sites for hydroxylation is 2. The van der Waals surface area contributed by atoms with Crippen LogP contribution in [0.25, 0.3) is 82.7 Å². The molecule has 4 heteroatoms. The average Bonchev–Trinajstić information content (AvgIpc) is 3.70. The molecular weight excluding hydrogens is 535 g/mol. The monoisotopic (exact) mass is 560 g/mol. The number of hydrogen-bond acceptors (Lipinski definition) is 1. The fourth-order valence-corrected chi connectivity index (χ4v) is 8.71. The van der Waals surface area contributed by atoms with Gasteiger partial charge < -0.3 is 13.5 Å². The first kappa shape index (κ1) is 23.0. The Morgan fingerprint density at radius 2 is 1.32 bits per heavy atom. The number of benzene rings is 6. The molecule has 6 aromatic carbocycles. The van der Waals surface area contributed by atoms with Gasteiger partial charge in [-0.1, -0.05) is 78.9 Å². The number of fused-ring (bicyclic) bond motifs is 12. The zero-order valence-corrected chi connectivity index (χ0v) is 24.3. The molecule has 3 aromatic heterocycles. The van der Waals surface area contributed by atoms with Gasteiger partial charge in [-0.25, -0.2) is 0 Å². The van der Waals surface area contributed by atoms with Crippen molar-refractivity contribution >= 4 is 72.6 Å². The van der Waals surface area contributed by atoms with Crippen LogP contribution in [0, 0.1) is 13.8 Å². The lowest BCUT2D eigenvalue weighted by Crippen LogP contribution is -2.55. The third-order valence-corrected chi connectivity index (χ3v) is 10.3. The Labute approximate surface area is 253 Å². The highest BCUT2D eigenvalue weighted by Crippen LogP contribution is 2.46. The van der Waals surface area contributed by atoms with E-state index in [2.05, 4.69) is 138 Å². The van der Waals surface area contributed by atoms with E-state index in [0.717, 1.165) is 11.2 Å². The van der Waals surface area contributed by atoms with Crippen LogP contribution in [0.4, 0.5) is 0 Å². The summed E-state index contributed by atoms with van der Waals surface area (Å²) in [6.45, 7) is 4.49. The molecule has 0 N–H and O–H groups in total. The maximum absolute atomic E-state index is 6.66. The fourth-order valence-electron chi connectivity index (χ4n) is 8.71. The van der Waals surface area contributed by atoms with E-state index in [0.29, 0.717) is 0 Å². The highest BCUT2D eigenvalue weighted by molar-refractivity contribution is 6.90. The van der Waals surface area contributed by atoms with E-state index in [1.807, 2.05) is 0 Å². The Bertz CT molecular complexity index is 2740. The standard InChI is InChI=1S/C40H25BN2O/c1-22-10-7-11-23(2)35(22)24-20-30-27-14-8-16-29-37(27)43(39-28-13-4-6-19-34(28)44-40(29)39)41-31-17-9-15-26-25-12-3-5-18-32(25)42(38(26)31)33(21-24)36(30)41/h3-21H,1-2H3. The van der Waals surface area contributed by atoms with Crippen molar-refractivity contribution in [1.29, 1.82) is 0 Å². The fraction of sp³-hybridized carbons (Fsp3) is 0.0500. The highest BCUT2D eigenvalue weighted by Gasteiger charge is 2.42. The van der Waals surface area contributed by atoms with E-state index in [-0.39, 0.29) is 6.85 Å². The number of para-hydroxylation sites is 4. The maximum atomic E-state index is 6.66. The number of rotatable bonds is 1. The van der Waals surface area contributed by atoms with Crippen molar-refractivity contribution in [3.05, 3.63) is 126 Å². The molecule has 0 saturated heterocycles. The number of furan rings is 1. The largest absolute Gasteiger partial charge is 0.454 e. The van der Waals surface area contributed by atoms with Gasteiger partial charge in [0.1, 0.15) is 5.58 Å². The van der Waals surface area contributed by atoms with Crippen molar-refractivity contribution in [2.24, 2.45) is 0 Å². The van der Waals surface area contributed by atoms with Gasteiger partial charge in [-0.2, -0.15) is 0 Å². The molecule has 204 valence electrons. The van der Waals surface area contributed by atoms with E-state index in [4.69, 9.17) is 4.42 Å². The molecule has 11 rings (SSSR count). The summed E-state index contributed by atoms with van der Waals surface area (Å²) in [4.78, 5) is 0. The summed E-state index contributed by atoms with van der Waals surface area (Å²) in [5.74, 6) is 0. The lowest BCUT2D eigenvalue weighted by Gasteiger charge is -2.34. The van der Waals surface area contributed by atoms with Crippen LogP contribution >= 0.6 is 0 Å². The van der Waals surface area contributed by atoms with Crippen LogP contribution in [0.1, 0.15) is 11.1 Å². The summed E-state index contributed by atoms with van der Waals surface area (Å²) in [5.41, 5.74) is 18.7. The van der Waals surface area contributed by atoms with Crippen LogP contribution in [0.2, 0.25) is 0 Å². The molecule has 0 radical (unpaired) electrons. The third kappa shape index (κ3) is 2.55.